The molecule has 182 valence electrons. The van der Waals surface area contributed by atoms with Crippen molar-refractivity contribution in [3.8, 4) is 23.0 Å². The molecule has 0 amide bonds. The lowest BCUT2D eigenvalue weighted by molar-refractivity contribution is -0.169. The maximum Gasteiger partial charge on any atom is 0.223 e. The second kappa shape index (κ2) is 10.5. The topological polar surface area (TPSA) is 101 Å². The van der Waals surface area contributed by atoms with E-state index in [0.29, 0.717) is 25.7 Å². The molecule has 2 saturated heterocycles. The van der Waals surface area contributed by atoms with Gasteiger partial charge in [-0.25, -0.2) is 19.0 Å². The van der Waals surface area contributed by atoms with Crippen LogP contribution in [0.2, 0.25) is 0 Å². The van der Waals surface area contributed by atoms with Gasteiger partial charge in [0.25, 0.3) is 0 Å². The first-order chi connectivity index (χ1) is 16.7. The van der Waals surface area contributed by atoms with Crippen molar-refractivity contribution >= 4 is 5.69 Å². The van der Waals surface area contributed by atoms with Crippen molar-refractivity contribution in [2.24, 2.45) is 5.73 Å². The van der Waals surface area contributed by atoms with Crippen LogP contribution in [0.1, 0.15) is 32.3 Å². The summed E-state index contributed by atoms with van der Waals surface area (Å²) in [5.41, 5.74) is 7.67. The number of ether oxygens (including phenoxy) is 3. The van der Waals surface area contributed by atoms with E-state index in [1.165, 1.54) is 17.8 Å². The molecule has 10 heteroatoms. The second-order valence-electron chi connectivity index (χ2n) is 7.69. The molecule has 0 radical (unpaired) electrons. The normalized spacial score (nSPS) is 17.5. The maximum atomic E-state index is 15.0. The average molecular weight is 471 g/mol. The third-order valence-corrected chi connectivity index (χ3v) is 5.91. The van der Waals surface area contributed by atoms with Gasteiger partial charge in [-0.05, 0) is 19.2 Å². The van der Waals surface area contributed by atoms with Gasteiger partial charge >= 0.3 is 0 Å². The number of nitrogens with zero attached hydrogens (tertiary/aromatic N) is 5. The van der Waals surface area contributed by atoms with Gasteiger partial charge in [0.2, 0.25) is 5.88 Å². The third-order valence-electron chi connectivity index (χ3n) is 5.91. The third kappa shape index (κ3) is 4.48. The standard InChI is InChI=1S/C21H20FN5O3.C2H6.CH5N/c22-17-10-15(26-6-3-21(4-7-26)29-8-9-30-21)11-24-19(17)27-12-14-13-28-20-16(18(14)25-27)2-1-5-23-20;2*1-2/h1-2,5,10-12H,3-4,6-9,13H2;1-2H3;2H2,1H3. The van der Waals surface area contributed by atoms with E-state index >= 15 is 4.39 Å². The Morgan fingerprint density at radius 1 is 1.09 bits per heavy atom. The van der Waals surface area contributed by atoms with E-state index in [9.17, 15) is 0 Å². The largest absolute Gasteiger partial charge is 0.472 e. The van der Waals surface area contributed by atoms with Gasteiger partial charge in [0.1, 0.15) is 12.3 Å². The molecular formula is C24H31FN6O3. The van der Waals surface area contributed by atoms with Crippen molar-refractivity contribution in [3.63, 3.8) is 0 Å². The average Bonchev–Trinajstić information content (AvgIpc) is 3.54. The summed E-state index contributed by atoms with van der Waals surface area (Å²) in [5, 5.41) is 4.56. The molecule has 3 aliphatic rings. The monoisotopic (exact) mass is 470 g/mol. The van der Waals surface area contributed by atoms with Crippen molar-refractivity contribution in [3.05, 3.63) is 48.2 Å². The first-order valence-electron chi connectivity index (χ1n) is 11.6. The van der Waals surface area contributed by atoms with Gasteiger partial charge in [0.05, 0.1) is 30.7 Å². The first kappa shape index (κ1) is 24.1. The van der Waals surface area contributed by atoms with Crippen molar-refractivity contribution < 1.29 is 18.6 Å². The van der Waals surface area contributed by atoms with Gasteiger partial charge in [0.15, 0.2) is 17.4 Å². The van der Waals surface area contributed by atoms with Gasteiger partial charge in [-0.3, -0.25) is 0 Å². The molecule has 0 unspecified atom stereocenters. The molecule has 3 aliphatic heterocycles. The zero-order valence-electron chi connectivity index (χ0n) is 19.8. The Kier molecular flexibility index (Phi) is 7.40. The quantitative estimate of drug-likeness (QED) is 0.609. The van der Waals surface area contributed by atoms with Gasteiger partial charge < -0.3 is 24.8 Å². The van der Waals surface area contributed by atoms with Crippen molar-refractivity contribution in [1.29, 1.82) is 0 Å². The Labute approximate surface area is 198 Å². The summed E-state index contributed by atoms with van der Waals surface area (Å²) in [7, 11) is 1.50. The maximum absolute atomic E-state index is 15.0. The minimum atomic E-state index is -0.455. The van der Waals surface area contributed by atoms with E-state index < -0.39 is 11.6 Å². The van der Waals surface area contributed by atoms with Crippen molar-refractivity contribution in [1.82, 2.24) is 19.7 Å². The Morgan fingerprint density at radius 3 is 2.53 bits per heavy atom. The molecule has 0 aliphatic carbocycles. The van der Waals surface area contributed by atoms with Crippen molar-refractivity contribution in [2.75, 3.05) is 38.3 Å². The first-order valence-corrected chi connectivity index (χ1v) is 11.6. The number of halogens is 1. The highest BCUT2D eigenvalue weighted by Gasteiger charge is 2.40. The van der Waals surface area contributed by atoms with Gasteiger partial charge in [-0.1, -0.05) is 13.8 Å². The van der Waals surface area contributed by atoms with Crippen LogP contribution in [-0.4, -0.2) is 58.9 Å². The van der Waals surface area contributed by atoms with Crippen LogP contribution in [0.4, 0.5) is 10.1 Å². The summed E-state index contributed by atoms with van der Waals surface area (Å²) in [5.74, 6) is -0.177. The van der Waals surface area contributed by atoms with E-state index in [4.69, 9.17) is 14.2 Å². The summed E-state index contributed by atoms with van der Waals surface area (Å²) >= 11 is 0. The summed E-state index contributed by atoms with van der Waals surface area (Å²) in [6, 6.07) is 5.24. The fourth-order valence-corrected chi connectivity index (χ4v) is 4.34. The molecule has 2 fully saturated rings. The fraction of sp³-hybridized carbons (Fsp3) is 0.458. The van der Waals surface area contributed by atoms with E-state index in [1.54, 1.807) is 18.6 Å². The zero-order valence-corrected chi connectivity index (χ0v) is 19.8. The lowest BCUT2D eigenvalue weighted by Crippen LogP contribution is -2.45. The van der Waals surface area contributed by atoms with Crippen LogP contribution in [0.15, 0.2) is 36.8 Å². The summed E-state index contributed by atoms with van der Waals surface area (Å²) < 4.78 is 33.7. The number of hydrogen-bond donors (Lipinski definition) is 1. The van der Waals surface area contributed by atoms with E-state index in [-0.39, 0.29) is 5.82 Å². The van der Waals surface area contributed by atoms with Crippen molar-refractivity contribution in [2.45, 2.75) is 39.1 Å². The predicted octanol–water partition coefficient (Wildman–Crippen LogP) is 3.31. The highest BCUT2D eigenvalue weighted by Crippen LogP contribution is 2.36. The molecule has 0 atom stereocenters. The van der Waals surface area contributed by atoms with Crippen LogP contribution in [0.5, 0.6) is 5.88 Å². The Hall–Kier alpha value is -3.08. The van der Waals surface area contributed by atoms with Gasteiger partial charge in [-0.15, -0.1) is 0 Å². The number of anilines is 1. The number of fused-ring (bicyclic) bond motifs is 3. The van der Waals surface area contributed by atoms with Gasteiger partial charge in [-0.2, -0.15) is 5.10 Å². The molecule has 0 bridgehead atoms. The zero-order chi connectivity index (χ0) is 24.1. The lowest BCUT2D eigenvalue weighted by Gasteiger charge is -2.38. The Morgan fingerprint density at radius 2 is 1.82 bits per heavy atom. The fourth-order valence-electron chi connectivity index (χ4n) is 4.34. The molecule has 3 aromatic heterocycles. The Balaban J connectivity index is 0.000000652. The lowest BCUT2D eigenvalue weighted by atomic mass is 10.0. The highest BCUT2D eigenvalue weighted by molar-refractivity contribution is 5.69. The second-order valence-corrected chi connectivity index (χ2v) is 7.69. The minimum Gasteiger partial charge on any atom is -0.472 e. The number of hydrogen-bond acceptors (Lipinski definition) is 8. The molecule has 1 spiro atoms. The highest BCUT2D eigenvalue weighted by atomic mass is 19.1. The van der Waals surface area contributed by atoms with Crippen LogP contribution < -0.4 is 15.4 Å². The molecule has 2 N–H and O–H groups in total. The van der Waals surface area contributed by atoms with Crippen LogP contribution in [0.25, 0.3) is 17.1 Å². The summed E-state index contributed by atoms with van der Waals surface area (Å²) in [6.07, 6.45) is 6.65. The van der Waals surface area contributed by atoms with E-state index in [2.05, 4.69) is 25.7 Å². The smallest absolute Gasteiger partial charge is 0.223 e. The molecule has 6 rings (SSSR count). The van der Waals surface area contributed by atoms with E-state index in [0.717, 1.165) is 48.4 Å². The SMILES string of the molecule is CC.CN.Fc1cc(N2CCC3(CC2)OCCO3)cnc1-n1cc2c(n1)-c1cccnc1OC2. The number of rotatable bonds is 2. The molecule has 6 heterocycles. The predicted molar refractivity (Wildman–Crippen MR) is 126 cm³/mol. The molecule has 0 saturated carbocycles. The van der Waals surface area contributed by atoms with Gasteiger partial charge in [0, 0.05) is 50.0 Å². The molecule has 0 aromatic carbocycles. The number of piperidine rings is 1. The van der Waals surface area contributed by atoms with Crippen LogP contribution in [0, 0.1) is 5.82 Å². The molecular weight excluding hydrogens is 439 g/mol. The molecule has 3 aromatic rings. The van der Waals surface area contributed by atoms with Crippen LogP contribution >= 0.6 is 0 Å². The Bertz CT molecular complexity index is 1110. The molecule has 34 heavy (non-hydrogen) atoms. The van der Waals surface area contributed by atoms with Crippen LogP contribution in [-0.2, 0) is 16.1 Å². The van der Waals surface area contributed by atoms with Crippen LogP contribution in [0.3, 0.4) is 0 Å². The summed E-state index contributed by atoms with van der Waals surface area (Å²) in [4.78, 5) is 10.7. The minimum absolute atomic E-state index is 0.162. The van der Waals surface area contributed by atoms with E-state index in [1.807, 2.05) is 26.0 Å². The summed E-state index contributed by atoms with van der Waals surface area (Å²) in [6.45, 7) is 7.10. The number of pyridine rings is 2. The molecule has 9 nitrogen and oxygen atoms in total. The number of aromatic nitrogens is 4. The number of nitrogens with two attached hydrogens (primary N) is 1.